The Hall–Kier alpha value is -0.910. The van der Waals surface area contributed by atoms with Crippen molar-refractivity contribution in [1.29, 1.82) is 0 Å². The molecule has 5 heteroatoms. The highest BCUT2D eigenvalue weighted by Crippen LogP contribution is 2.37. The van der Waals surface area contributed by atoms with Crippen molar-refractivity contribution in [2.45, 2.75) is 38.8 Å². The van der Waals surface area contributed by atoms with Crippen LogP contribution in [-0.2, 0) is 11.3 Å². The maximum atomic E-state index is 11.5. The molecule has 0 spiro atoms. The van der Waals surface area contributed by atoms with E-state index < -0.39 is 17.5 Å². The summed E-state index contributed by atoms with van der Waals surface area (Å²) in [7, 11) is 0. The van der Waals surface area contributed by atoms with Gasteiger partial charge in [0.05, 0.1) is 11.5 Å². The normalized spacial score (nSPS) is 28.4. The second-order valence-corrected chi connectivity index (χ2v) is 6.12. The number of β-amino-alcohol motifs (C(OH)–C–C–N with tert-alkyl or cyclic N) is 1. The van der Waals surface area contributed by atoms with E-state index in [4.69, 9.17) is 0 Å². The lowest BCUT2D eigenvalue weighted by molar-refractivity contribution is -0.164. The molecule has 19 heavy (non-hydrogen) atoms. The highest BCUT2D eigenvalue weighted by molar-refractivity contribution is 7.07. The fourth-order valence-corrected chi connectivity index (χ4v) is 3.57. The number of likely N-dealkylation sites (tertiary alicyclic amines) is 1. The summed E-state index contributed by atoms with van der Waals surface area (Å²) in [5.74, 6) is -0.850. The molecule has 4 nitrogen and oxygen atoms in total. The quantitative estimate of drug-likeness (QED) is 0.869. The highest BCUT2D eigenvalue weighted by Gasteiger charge is 2.47. The minimum absolute atomic E-state index is 0.447. The summed E-state index contributed by atoms with van der Waals surface area (Å²) in [5.41, 5.74) is 0.287. The van der Waals surface area contributed by atoms with E-state index in [1.54, 1.807) is 11.3 Å². The molecule has 2 heterocycles. The zero-order valence-electron chi connectivity index (χ0n) is 11.2. The van der Waals surface area contributed by atoms with E-state index in [2.05, 4.69) is 16.3 Å². The number of thiophene rings is 1. The summed E-state index contributed by atoms with van der Waals surface area (Å²) in [6, 6.07) is 2.07. The van der Waals surface area contributed by atoms with Crippen LogP contribution in [0.3, 0.4) is 0 Å². The first-order valence-electron chi connectivity index (χ1n) is 6.73. The Morgan fingerprint density at radius 1 is 1.63 bits per heavy atom. The molecule has 1 aromatic rings. The van der Waals surface area contributed by atoms with Gasteiger partial charge in [-0.25, -0.2) is 0 Å². The molecule has 2 atom stereocenters. The Morgan fingerprint density at radius 3 is 2.95 bits per heavy atom. The Balaban J connectivity index is 2.02. The average molecular weight is 283 g/mol. The van der Waals surface area contributed by atoms with Gasteiger partial charge in [-0.15, -0.1) is 0 Å². The van der Waals surface area contributed by atoms with Crippen LogP contribution in [0.2, 0.25) is 0 Å². The van der Waals surface area contributed by atoms with Crippen LogP contribution >= 0.6 is 11.3 Å². The largest absolute Gasteiger partial charge is 0.481 e. The van der Waals surface area contributed by atoms with Crippen LogP contribution in [0, 0.1) is 5.41 Å². The van der Waals surface area contributed by atoms with Crippen molar-refractivity contribution in [3.05, 3.63) is 22.4 Å². The maximum Gasteiger partial charge on any atom is 0.312 e. The molecule has 1 saturated heterocycles. The van der Waals surface area contributed by atoms with E-state index in [9.17, 15) is 15.0 Å². The van der Waals surface area contributed by atoms with Gasteiger partial charge in [0.25, 0.3) is 0 Å². The van der Waals surface area contributed by atoms with Gasteiger partial charge in [-0.05, 0) is 41.8 Å². The molecule has 1 aliphatic rings. The van der Waals surface area contributed by atoms with Gasteiger partial charge in [-0.1, -0.05) is 13.3 Å². The average Bonchev–Trinajstić information content (AvgIpc) is 2.85. The third-order valence-corrected chi connectivity index (χ3v) is 4.78. The molecule has 0 saturated carbocycles. The van der Waals surface area contributed by atoms with Crippen LogP contribution in [0.5, 0.6) is 0 Å². The molecule has 0 amide bonds. The number of piperidine rings is 1. The van der Waals surface area contributed by atoms with Gasteiger partial charge in [0, 0.05) is 13.1 Å². The number of aliphatic hydroxyl groups is 1. The van der Waals surface area contributed by atoms with E-state index in [1.807, 2.05) is 12.3 Å². The molecule has 106 valence electrons. The number of rotatable bonds is 5. The summed E-state index contributed by atoms with van der Waals surface area (Å²) in [5, 5.41) is 23.9. The van der Waals surface area contributed by atoms with E-state index in [0.29, 0.717) is 19.4 Å². The predicted octanol–water partition coefficient (Wildman–Crippen LogP) is 2.19. The first kappa shape index (κ1) is 14.5. The summed E-state index contributed by atoms with van der Waals surface area (Å²) in [6.07, 6.45) is 1.09. The topological polar surface area (TPSA) is 60.8 Å². The number of nitrogens with zero attached hydrogens (tertiary/aromatic N) is 1. The standard InChI is InChI=1S/C14H21NO3S/c1-2-4-14(13(17)18)5-6-15(9-12(14)16)8-11-3-7-19-10-11/h3,7,10,12,16H,2,4-6,8-9H2,1H3,(H,17,18)/t12-,14-/m0/s1. The van der Waals surface area contributed by atoms with Crippen LogP contribution in [0.25, 0.3) is 0 Å². The van der Waals surface area contributed by atoms with Crippen LogP contribution in [0.4, 0.5) is 0 Å². The van der Waals surface area contributed by atoms with E-state index in [1.165, 1.54) is 5.56 Å². The minimum atomic E-state index is -0.945. The second kappa shape index (κ2) is 6.03. The number of carboxylic acid groups (broad SMARTS) is 1. The van der Waals surface area contributed by atoms with Crippen LogP contribution in [-0.4, -0.2) is 40.3 Å². The molecule has 2 rings (SSSR count). The Kier molecular flexibility index (Phi) is 4.60. The molecular formula is C14H21NO3S. The third-order valence-electron chi connectivity index (χ3n) is 4.05. The van der Waals surface area contributed by atoms with Crippen molar-refractivity contribution >= 4 is 17.3 Å². The van der Waals surface area contributed by atoms with E-state index >= 15 is 0 Å². The smallest absolute Gasteiger partial charge is 0.312 e. The van der Waals surface area contributed by atoms with Gasteiger partial charge < -0.3 is 10.2 Å². The maximum absolute atomic E-state index is 11.5. The summed E-state index contributed by atoms with van der Waals surface area (Å²) in [6.45, 7) is 3.94. The molecule has 1 aliphatic heterocycles. The summed E-state index contributed by atoms with van der Waals surface area (Å²) in [4.78, 5) is 13.7. The molecule has 0 bridgehead atoms. The molecule has 1 aromatic heterocycles. The fourth-order valence-electron chi connectivity index (χ4n) is 2.91. The van der Waals surface area contributed by atoms with Crippen molar-refractivity contribution in [2.75, 3.05) is 13.1 Å². The molecule has 0 radical (unpaired) electrons. The summed E-state index contributed by atoms with van der Waals surface area (Å²) >= 11 is 1.66. The molecule has 2 N–H and O–H groups in total. The lowest BCUT2D eigenvalue weighted by atomic mass is 9.73. The Bertz CT molecular complexity index is 420. The number of aliphatic hydroxyl groups excluding tert-OH is 1. The third kappa shape index (κ3) is 2.99. The van der Waals surface area contributed by atoms with Crippen molar-refractivity contribution in [3.8, 4) is 0 Å². The number of carboxylic acids is 1. The van der Waals surface area contributed by atoms with Crippen LogP contribution in [0.15, 0.2) is 16.8 Å². The van der Waals surface area contributed by atoms with Crippen LogP contribution < -0.4 is 0 Å². The molecule has 0 aromatic carbocycles. The van der Waals surface area contributed by atoms with Gasteiger partial charge in [-0.2, -0.15) is 11.3 Å². The predicted molar refractivity (Wildman–Crippen MR) is 75.2 cm³/mol. The Labute approximate surface area is 117 Å². The number of hydrogen-bond acceptors (Lipinski definition) is 4. The van der Waals surface area contributed by atoms with Crippen molar-refractivity contribution in [3.63, 3.8) is 0 Å². The lowest BCUT2D eigenvalue weighted by Gasteiger charge is -2.42. The van der Waals surface area contributed by atoms with Gasteiger partial charge in [0.15, 0.2) is 0 Å². The van der Waals surface area contributed by atoms with Gasteiger partial charge >= 0.3 is 5.97 Å². The fraction of sp³-hybridized carbons (Fsp3) is 0.643. The minimum Gasteiger partial charge on any atom is -0.481 e. The van der Waals surface area contributed by atoms with Gasteiger partial charge in [-0.3, -0.25) is 9.69 Å². The van der Waals surface area contributed by atoms with Crippen molar-refractivity contribution in [1.82, 2.24) is 4.90 Å². The number of aliphatic carboxylic acids is 1. The number of hydrogen-bond donors (Lipinski definition) is 2. The van der Waals surface area contributed by atoms with Gasteiger partial charge in [0.1, 0.15) is 0 Å². The highest BCUT2D eigenvalue weighted by atomic mass is 32.1. The Morgan fingerprint density at radius 2 is 2.42 bits per heavy atom. The first-order chi connectivity index (χ1) is 9.08. The van der Waals surface area contributed by atoms with E-state index in [0.717, 1.165) is 19.5 Å². The monoisotopic (exact) mass is 283 g/mol. The van der Waals surface area contributed by atoms with Crippen LogP contribution in [0.1, 0.15) is 31.7 Å². The summed E-state index contributed by atoms with van der Waals surface area (Å²) < 4.78 is 0. The zero-order valence-corrected chi connectivity index (χ0v) is 12.0. The van der Waals surface area contributed by atoms with Crippen molar-refractivity contribution < 1.29 is 15.0 Å². The van der Waals surface area contributed by atoms with Crippen molar-refractivity contribution in [2.24, 2.45) is 5.41 Å². The number of carbonyl (C=O) groups is 1. The van der Waals surface area contributed by atoms with E-state index in [-0.39, 0.29) is 0 Å². The van der Waals surface area contributed by atoms with Gasteiger partial charge in [0.2, 0.25) is 0 Å². The first-order valence-corrected chi connectivity index (χ1v) is 7.67. The molecule has 1 fully saturated rings. The zero-order chi connectivity index (χ0) is 13.9. The second-order valence-electron chi connectivity index (χ2n) is 5.34. The lowest BCUT2D eigenvalue weighted by Crippen LogP contribution is -2.54. The molecule has 0 aliphatic carbocycles. The molecular weight excluding hydrogens is 262 g/mol. The SMILES string of the molecule is CCC[C@]1(C(=O)O)CCN(Cc2ccsc2)C[C@@H]1O. The molecule has 0 unspecified atom stereocenters.